The molecule has 0 heterocycles. The van der Waals surface area contributed by atoms with Crippen LogP contribution in [0.25, 0.3) is 0 Å². The number of carbonyl (C=O) groups excluding carboxylic acids is 1. The van der Waals surface area contributed by atoms with Gasteiger partial charge in [-0.3, -0.25) is 4.79 Å². The van der Waals surface area contributed by atoms with E-state index in [0.717, 1.165) is 24.2 Å². The summed E-state index contributed by atoms with van der Waals surface area (Å²) in [7, 11) is 0. The van der Waals surface area contributed by atoms with Crippen molar-refractivity contribution >= 4 is 5.78 Å². The molecule has 6 atom stereocenters. The first kappa shape index (κ1) is 13.1. The van der Waals surface area contributed by atoms with E-state index in [0.29, 0.717) is 17.1 Å². The number of carbonyl (C=O) groups is 1. The average molecular weight is 272 g/mol. The zero-order valence-electron chi connectivity index (χ0n) is 13.0. The molecule has 0 amide bonds. The predicted molar refractivity (Wildman–Crippen MR) is 81.3 cm³/mol. The van der Waals surface area contributed by atoms with Gasteiger partial charge in [-0.2, -0.15) is 0 Å². The van der Waals surface area contributed by atoms with Gasteiger partial charge in [-0.1, -0.05) is 26.0 Å². The maximum Gasteiger partial charge on any atom is 0.139 e. The molecule has 0 saturated heterocycles. The molecule has 0 aromatic carbocycles. The second-order valence-corrected chi connectivity index (χ2v) is 8.49. The van der Waals surface area contributed by atoms with E-state index in [1.165, 1.54) is 44.9 Å². The fraction of sp³-hybridized carbons (Fsp3) is 0.842. The topological polar surface area (TPSA) is 17.1 Å². The molecule has 0 aliphatic heterocycles. The van der Waals surface area contributed by atoms with Gasteiger partial charge in [0.1, 0.15) is 5.78 Å². The van der Waals surface area contributed by atoms with Gasteiger partial charge in [-0.05, 0) is 74.0 Å². The number of hydrogen-bond donors (Lipinski definition) is 0. The Balaban J connectivity index is 1.68. The molecule has 3 fully saturated rings. The maximum absolute atomic E-state index is 12.4. The standard InChI is InChI=1S/C19H28O/c1-18-11-4-3-5-13(18)6-7-14-15-8-9-17(20)19(15,2)12-10-16(14)18/h3-4,13-16H,5-12H2,1-2H3/t13-,14+,15-,16-,18+,19+/m1/s1. The van der Waals surface area contributed by atoms with Gasteiger partial charge < -0.3 is 0 Å². The van der Waals surface area contributed by atoms with E-state index in [2.05, 4.69) is 26.0 Å². The molecule has 3 saturated carbocycles. The van der Waals surface area contributed by atoms with E-state index >= 15 is 0 Å². The van der Waals surface area contributed by atoms with E-state index in [1.54, 1.807) is 0 Å². The Hall–Kier alpha value is -0.590. The normalized spacial score (nSPS) is 54.2. The maximum atomic E-state index is 12.4. The summed E-state index contributed by atoms with van der Waals surface area (Å²) >= 11 is 0. The number of fused-ring (bicyclic) bond motifs is 5. The van der Waals surface area contributed by atoms with Crippen LogP contribution < -0.4 is 0 Å². The molecular weight excluding hydrogens is 244 g/mol. The molecule has 1 nitrogen and oxygen atoms in total. The van der Waals surface area contributed by atoms with Crippen LogP contribution in [0, 0.1) is 34.5 Å². The summed E-state index contributed by atoms with van der Waals surface area (Å²) in [6.07, 6.45) is 14.8. The lowest BCUT2D eigenvalue weighted by atomic mass is 9.46. The van der Waals surface area contributed by atoms with Crippen LogP contribution in [0.4, 0.5) is 0 Å². The lowest BCUT2D eigenvalue weighted by Crippen LogP contribution is -2.52. The second kappa shape index (κ2) is 4.21. The third-order valence-electron chi connectivity index (χ3n) is 7.92. The quantitative estimate of drug-likeness (QED) is 0.581. The Morgan fingerprint density at radius 2 is 1.90 bits per heavy atom. The number of ketones is 1. The monoisotopic (exact) mass is 272 g/mol. The summed E-state index contributed by atoms with van der Waals surface area (Å²) in [5.74, 6) is 3.92. The van der Waals surface area contributed by atoms with E-state index in [1.807, 2.05) is 0 Å². The third kappa shape index (κ3) is 1.53. The van der Waals surface area contributed by atoms with Gasteiger partial charge in [0.05, 0.1) is 0 Å². The number of Topliss-reactive ketones (excluding diaryl/α,β-unsaturated/α-hetero) is 1. The number of hydrogen-bond acceptors (Lipinski definition) is 1. The van der Waals surface area contributed by atoms with Crippen LogP contribution in [0.3, 0.4) is 0 Å². The van der Waals surface area contributed by atoms with Gasteiger partial charge in [0.15, 0.2) is 0 Å². The summed E-state index contributed by atoms with van der Waals surface area (Å²) in [6.45, 7) is 4.86. The lowest BCUT2D eigenvalue weighted by molar-refractivity contribution is -0.136. The van der Waals surface area contributed by atoms with E-state index in [9.17, 15) is 4.79 Å². The van der Waals surface area contributed by atoms with Gasteiger partial charge in [0, 0.05) is 11.8 Å². The first-order valence-electron chi connectivity index (χ1n) is 8.74. The fourth-order valence-corrected chi connectivity index (χ4v) is 6.61. The van der Waals surface area contributed by atoms with Crippen molar-refractivity contribution in [2.75, 3.05) is 0 Å². The molecule has 0 bridgehead atoms. The highest BCUT2D eigenvalue weighted by molar-refractivity contribution is 5.87. The minimum Gasteiger partial charge on any atom is -0.299 e. The van der Waals surface area contributed by atoms with Crippen LogP contribution >= 0.6 is 0 Å². The molecule has 4 aliphatic rings. The molecule has 0 radical (unpaired) electrons. The molecule has 0 N–H and O–H groups in total. The highest BCUT2D eigenvalue weighted by Crippen LogP contribution is 2.64. The van der Waals surface area contributed by atoms with Crippen LogP contribution in [-0.4, -0.2) is 5.78 Å². The van der Waals surface area contributed by atoms with Crippen molar-refractivity contribution in [3.63, 3.8) is 0 Å². The predicted octanol–water partition coefficient (Wildman–Crippen LogP) is 4.76. The van der Waals surface area contributed by atoms with Gasteiger partial charge >= 0.3 is 0 Å². The van der Waals surface area contributed by atoms with Crippen molar-refractivity contribution in [1.29, 1.82) is 0 Å². The molecule has 0 unspecified atom stereocenters. The Kier molecular flexibility index (Phi) is 2.76. The molecule has 4 aliphatic carbocycles. The van der Waals surface area contributed by atoms with E-state index in [4.69, 9.17) is 0 Å². The van der Waals surface area contributed by atoms with Gasteiger partial charge in [-0.15, -0.1) is 0 Å². The van der Waals surface area contributed by atoms with Crippen molar-refractivity contribution in [1.82, 2.24) is 0 Å². The molecule has 0 aromatic rings. The highest BCUT2D eigenvalue weighted by Gasteiger charge is 2.59. The van der Waals surface area contributed by atoms with Crippen LogP contribution in [-0.2, 0) is 4.79 Å². The van der Waals surface area contributed by atoms with Crippen LogP contribution in [0.2, 0.25) is 0 Å². The minimum atomic E-state index is 0.0505. The summed E-state index contributed by atoms with van der Waals surface area (Å²) in [5, 5.41) is 0. The Labute approximate surface area is 123 Å². The SMILES string of the molecule is C[C@]12CC=CC[C@@H]1CC[C@@H]1[C@H]2CC[C@]2(C)C(=O)CC[C@H]12. The van der Waals surface area contributed by atoms with Crippen molar-refractivity contribution < 1.29 is 4.79 Å². The molecule has 0 aromatic heterocycles. The molecule has 4 rings (SSSR count). The smallest absolute Gasteiger partial charge is 0.139 e. The van der Waals surface area contributed by atoms with Crippen molar-refractivity contribution in [3.05, 3.63) is 12.2 Å². The molecule has 20 heavy (non-hydrogen) atoms. The van der Waals surface area contributed by atoms with Crippen LogP contribution in [0.5, 0.6) is 0 Å². The summed E-state index contributed by atoms with van der Waals surface area (Å²) in [5.41, 5.74) is 0.583. The van der Waals surface area contributed by atoms with Crippen molar-refractivity contribution in [2.45, 2.75) is 65.2 Å². The molecular formula is C19H28O. The van der Waals surface area contributed by atoms with Crippen molar-refractivity contribution in [2.24, 2.45) is 34.5 Å². The van der Waals surface area contributed by atoms with Crippen LogP contribution in [0.1, 0.15) is 65.2 Å². The summed E-state index contributed by atoms with van der Waals surface area (Å²) < 4.78 is 0. The first-order chi connectivity index (χ1) is 9.56. The average Bonchev–Trinajstić information content (AvgIpc) is 2.74. The first-order valence-corrected chi connectivity index (χ1v) is 8.74. The Morgan fingerprint density at radius 1 is 1.05 bits per heavy atom. The summed E-state index contributed by atoms with van der Waals surface area (Å²) in [6, 6.07) is 0. The Morgan fingerprint density at radius 3 is 2.75 bits per heavy atom. The largest absolute Gasteiger partial charge is 0.299 e. The van der Waals surface area contributed by atoms with Gasteiger partial charge in [0.25, 0.3) is 0 Å². The second-order valence-electron chi connectivity index (χ2n) is 8.49. The zero-order valence-corrected chi connectivity index (χ0v) is 13.0. The van der Waals surface area contributed by atoms with Gasteiger partial charge in [-0.25, -0.2) is 0 Å². The zero-order chi connectivity index (χ0) is 14.0. The van der Waals surface area contributed by atoms with E-state index in [-0.39, 0.29) is 5.41 Å². The van der Waals surface area contributed by atoms with E-state index < -0.39 is 0 Å². The number of rotatable bonds is 0. The lowest BCUT2D eigenvalue weighted by Gasteiger charge is -2.58. The Bertz CT molecular complexity index is 464. The van der Waals surface area contributed by atoms with Crippen molar-refractivity contribution in [3.8, 4) is 0 Å². The number of allylic oxidation sites excluding steroid dienone is 2. The third-order valence-corrected chi connectivity index (χ3v) is 7.92. The molecule has 1 heteroatoms. The fourth-order valence-electron chi connectivity index (χ4n) is 6.61. The van der Waals surface area contributed by atoms with Gasteiger partial charge in [0.2, 0.25) is 0 Å². The van der Waals surface area contributed by atoms with Crippen LogP contribution in [0.15, 0.2) is 12.2 Å². The summed E-state index contributed by atoms with van der Waals surface area (Å²) in [4.78, 5) is 12.4. The molecule has 0 spiro atoms. The highest BCUT2D eigenvalue weighted by atomic mass is 16.1. The molecule has 110 valence electrons. The minimum absolute atomic E-state index is 0.0505.